The summed E-state index contributed by atoms with van der Waals surface area (Å²) in [6, 6.07) is 12.4. The molecule has 24 heavy (non-hydrogen) atoms. The van der Waals surface area contributed by atoms with Gasteiger partial charge >= 0.3 is 0 Å². The first-order valence-electron chi connectivity index (χ1n) is 7.44. The Morgan fingerprint density at radius 3 is 2.79 bits per heavy atom. The molecule has 0 aliphatic carbocycles. The number of aromatic amines is 1. The van der Waals surface area contributed by atoms with Crippen molar-refractivity contribution in [2.75, 3.05) is 5.32 Å². The van der Waals surface area contributed by atoms with Gasteiger partial charge in [0.25, 0.3) is 5.56 Å². The van der Waals surface area contributed by atoms with Crippen molar-refractivity contribution in [2.45, 2.75) is 19.9 Å². The number of halogens is 1. The van der Waals surface area contributed by atoms with Crippen molar-refractivity contribution in [3.8, 4) is 6.07 Å². The van der Waals surface area contributed by atoms with Crippen LogP contribution in [0.2, 0.25) is 5.02 Å². The molecule has 3 rings (SSSR count). The summed E-state index contributed by atoms with van der Waals surface area (Å²) in [6.45, 7) is 3.66. The number of nitrogens with zero attached hydrogens (tertiary/aromatic N) is 2. The Kier molecular flexibility index (Phi) is 4.24. The Morgan fingerprint density at radius 1 is 1.29 bits per heavy atom. The maximum atomic E-state index is 12.3. The smallest absolute Gasteiger partial charge is 0.253 e. The SMILES string of the molecule is Cc1nc(NC(C)c2cc3cc(Cl)ccc3[nH]c2=O)ccc1C#N. The van der Waals surface area contributed by atoms with Crippen LogP contribution in [0.3, 0.4) is 0 Å². The fourth-order valence-electron chi connectivity index (χ4n) is 2.58. The molecule has 1 atom stereocenters. The molecule has 0 aliphatic rings. The highest BCUT2D eigenvalue weighted by Crippen LogP contribution is 2.21. The molecular formula is C18H15ClN4O. The lowest BCUT2D eigenvalue weighted by Gasteiger charge is -2.15. The van der Waals surface area contributed by atoms with Gasteiger partial charge in [0.2, 0.25) is 0 Å². The highest BCUT2D eigenvalue weighted by molar-refractivity contribution is 6.31. The molecule has 0 bridgehead atoms. The first-order valence-corrected chi connectivity index (χ1v) is 7.82. The van der Waals surface area contributed by atoms with Crippen LogP contribution in [0.4, 0.5) is 5.82 Å². The number of aryl methyl sites for hydroxylation is 1. The maximum Gasteiger partial charge on any atom is 0.253 e. The van der Waals surface area contributed by atoms with Crippen LogP contribution in [-0.4, -0.2) is 9.97 Å². The molecule has 0 spiro atoms. The maximum absolute atomic E-state index is 12.3. The summed E-state index contributed by atoms with van der Waals surface area (Å²) in [4.78, 5) is 19.5. The number of rotatable bonds is 3. The number of pyridine rings is 2. The van der Waals surface area contributed by atoms with Crippen molar-refractivity contribution >= 4 is 28.3 Å². The molecule has 1 aromatic carbocycles. The number of hydrogen-bond acceptors (Lipinski definition) is 4. The number of H-pyrrole nitrogens is 1. The molecule has 0 fully saturated rings. The molecule has 2 heterocycles. The Bertz CT molecular complexity index is 1020. The minimum absolute atomic E-state index is 0.157. The normalized spacial score (nSPS) is 11.9. The predicted molar refractivity (Wildman–Crippen MR) is 95.3 cm³/mol. The van der Waals surface area contributed by atoms with Gasteiger partial charge in [-0.1, -0.05) is 11.6 Å². The van der Waals surface area contributed by atoms with E-state index in [2.05, 4.69) is 21.4 Å². The zero-order valence-corrected chi connectivity index (χ0v) is 14.0. The number of hydrogen-bond donors (Lipinski definition) is 2. The molecule has 5 nitrogen and oxygen atoms in total. The summed E-state index contributed by atoms with van der Waals surface area (Å²) in [6.07, 6.45) is 0. The summed E-state index contributed by atoms with van der Waals surface area (Å²) in [7, 11) is 0. The van der Waals surface area contributed by atoms with Crippen LogP contribution in [0.25, 0.3) is 10.9 Å². The van der Waals surface area contributed by atoms with Gasteiger partial charge in [0.15, 0.2) is 0 Å². The fourth-order valence-corrected chi connectivity index (χ4v) is 2.76. The van der Waals surface area contributed by atoms with Crippen LogP contribution in [0.5, 0.6) is 0 Å². The second kappa shape index (κ2) is 6.34. The van der Waals surface area contributed by atoms with E-state index >= 15 is 0 Å². The van der Waals surface area contributed by atoms with Crippen LogP contribution >= 0.6 is 11.6 Å². The van der Waals surface area contributed by atoms with Gasteiger partial charge in [0, 0.05) is 21.5 Å². The van der Waals surface area contributed by atoms with Gasteiger partial charge in [-0.15, -0.1) is 0 Å². The number of benzene rings is 1. The van der Waals surface area contributed by atoms with E-state index < -0.39 is 0 Å². The third-order valence-electron chi connectivity index (χ3n) is 3.87. The van der Waals surface area contributed by atoms with E-state index in [0.717, 1.165) is 10.9 Å². The summed E-state index contributed by atoms with van der Waals surface area (Å²) in [5, 5.41) is 13.6. The highest BCUT2D eigenvalue weighted by Gasteiger charge is 2.12. The Balaban J connectivity index is 1.95. The number of nitrogens with one attached hydrogen (secondary N) is 2. The number of fused-ring (bicyclic) bond motifs is 1. The average Bonchev–Trinajstić information content (AvgIpc) is 2.54. The molecule has 2 N–H and O–H groups in total. The van der Waals surface area contributed by atoms with Gasteiger partial charge < -0.3 is 10.3 Å². The van der Waals surface area contributed by atoms with Crippen molar-refractivity contribution in [3.63, 3.8) is 0 Å². The van der Waals surface area contributed by atoms with Gasteiger partial charge in [0.05, 0.1) is 17.3 Å². The van der Waals surface area contributed by atoms with Crippen molar-refractivity contribution in [1.29, 1.82) is 5.26 Å². The Morgan fingerprint density at radius 2 is 2.08 bits per heavy atom. The minimum atomic E-state index is -0.253. The number of anilines is 1. The van der Waals surface area contributed by atoms with E-state index in [4.69, 9.17) is 16.9 Å². The molecular weight excluding hydrogens is 324 g/mol. The van der Waals surface area contributed by atoms with Crippen LogP contribution < -0.4 is 10.9 Å². The van der Waals surface area contributed by atoms with Crippen molar-refractivity contribution in [2.24, 2.45) is 0 Å². The molecule has 1 unspecified atom stereocenters. The van der Waals surface area contributed by atoms with E-state index in [9.17, 15) is 4.79 Å². The average molecular weight is 339 g/mol. The fraction of sp³-hybridized carbons (Fsp3) is 0.167. The zero-order valence-electron chi connectivity index (χ0n) is 13.2. The summed E-state index contributed by atoms with van der Waals surface area (Å²) >= 11 is 6.02. The van der Waals surface area contributed by atoms with Gasteiger partial charge in [0.1, 0.15) is 11.9 Å². The molecule has 0 saturated carbocycles. The lowest BCUT2D eigenvalue weighted by Crippen LogP contribution is -2.19. The van der Waals surface area contributed by atoms with E-state index in [-0.39, 0.29) is 11.6 Å². The number of nitriles is 1. The molecule has 0 aliphatic heterocycles. The third-order valence-corrected chi connectivity index (χ3v) is 4.11. The van der Waals surface area contributed by atoms with Crippen molar-refractivity contribution in [1.82, 2.24) is 9.97 Å². The van der Waals surface area contributed by atoms with Crippen LogP contribution in [-0.2, 0) is 0 Å². The highest BCUT2D eigenvalue weighted by atomic mass is 35.5. The van der Waals surface area contributed by atoms with Gasteiger partial charge in [-0.3, -0.25) is 4.79 Å². The lowest BCUT2D eigenvalue weighted by atomic mass is 10.1. The summed E-state index contributed by atoms with van der Waals surface area (Å²) < 4.78 is 0. The van der Waals surface area contributed by atoms with Gasteiger partial charge in [-0.25, -0.2) is 4.98 Å². The topological polar surface area (TPSA) is 81.6 Å². The molecule has 2 aromatic heterocycles. The van der Waals surface area contributed by atoms with Crippen molar-refractivity contribution < 1.29 is 0 Å². The van der Waals surface area contributed by atoms with Crippen LogP contribution in [0.1, 0.15) is 29.8 Å². The first-order chi connectivity index (χ1) is 11.5. The first kappa shape index (κ1) is 16.0. The quantitative estimate of drug-likeness (QED) is 0.758. The molecule has 3 aromatic rings. The Hall–Kier alpha value is -2.84. The van der Waals surface area contributed by atoms with Crippen molar-refractivity contribution in [3.05, 3.63) is 68.6 Å². The van der Waals surface area contributed by atoms with E-state index in [1.165, 1.54) is 0 Å². The van der Waals surface area contributed by atoms with E-state index in [1.807, 2.05) is 19.1 Å². The predicted octanol–water partition coefficient (Wildman–Crippen LogP) is 3.93. The van der Waals surface area contributed by atoms with Crippen LogP contribution in [0.15, 0.2) is 41.2 Å². The zero-order chi connectivity index (χ0) is 17.3. The standard InChI is InChI=1S/C18H15ClN4O/c1-10-12(9-20)3-6-17(21-10)22-11(2)15-8-13-7-14(19)4-5-16(13)23-18(15)24/h3-8,11H,1-2H3,(H,21,22)(H,23,24). The van der Waals surface area contributed by atoms with E-state index in [0.29, 0.717) is 27.7 Å². The van der Waals surface area contributed by atoms with Gasteiger partial charge in [-0.2, -0.15) is 5.26 Å². The van der Waals surface area contributed by atoms with E-state index in [1.54, 1.807) is 31.2 Å². The molecule has 0 saturated heterocycles. The largest absolute Gasteiger partial charge is 0.363 e. The summed E-state index contributed by atoms with van der Waals surface area (Å²) in [5.74, 6) is 0.615. The number of aromatic nitrogens is 2. The monoisotopic (exact) mass is 338 g/mol. The minimum Gasteiger partial charge on any atom is -0.363 e. The van der Waals surface area contributed by atoms with Gasteiger partial charge in [-0.05, 0) is 50.2 Å². The summed E-state index contributed by atoms with van der Waals surface area (Å²) in [5.41, 5.74) is 2.36. The molecule has 120 valence electrons. The molecule has 0 radical (unpaired) electrons. The molecule has 0 amide bonds. The van der Waals surface area contributed by atoms with Crippen LogP contribution in [0, 0.1) is 18.3 Å². The third kappa shape index (κ3) is 3.10. The molecule has 6 heteroatoms. The second-order valence-corrected chi connectivity index (χ2v) is 6.03. The Labute approximate surface area is 143 Å². The second-order valence-electron chi connectivity index (χ2n) is 5.59. The lowest BCUT2D eigenvalue weighted by molar-refractivity contribution is 0.855.